The molecular formula is C16H16O2S. The van der Waals surface area contributed by atoms with Crippen molar-refractivity contribution in [3.63, 3.8) is 0 Å². The molecule has 98 valence electrons. The van der Waals surface area contributed by atoms with Gasteiger partial charge in [-0.2, -0.15) is 0 Å². The molecule has 0 atom stereocenters. The molecule has 2 nitrogen and oxygen atoms in total. The molecule has 0 saturated carbocycles. The van der Waals surface area contributed by atoms with Gasteiger partial charge in [0.1, 0.15) is 11.5 Å². The molecule has 0 aromatic heterocycles. The molecule has 0 N–H and O–H groups in total. The smallest absolute Gasteiger partial charge is 0.166 e. The lowest BCUT2D eigenvalue weighted by Crippen LogP contribution is -1.99. The van der Waals surface area contributed by atoms with Crippen LogP contribution in [0.1, 0.15) is 23.7 Å². The van der Waals surface area contributed by atoms with Crippen molar-refractivity contribution in [3.8, 4) is 11.5 Å². The van der Waals surface area contributed by atoms with Gasteiger partial charge in [0.2, 0.25) is 0 Å². The predicted octanol–water partition coefficient (Wildman–Crippen LogP) is 4.79. The summed E-state index contributed by atoms with van der Waals surface area (Å²) in [4.78, 5) is 13.0. The maximum atomic E-state index is 11.8. The molecule has 0 aliphatic rings. The van der Waals surface area contributed by atoms with E-state index in [2.05, 4.69) is 0 Å². The number of hydrogen-bond acceptors (Lipinski definition) is 3. The molecule has 2 rings (SSSR count). The molecule has 0 saturated heterocycles. The molecular weight excluding hydrogens is 256 g/mol. The molecule has 0 heterocycles. The summed E-state index contributed by atoms with van der Waals surface area (Å²) in [5.41, 5.74) is 0.638. The number of carbonyl (C=O) groups is 1. The fraction of sp³-hybridized carbons (Fsp3) is 0.188. The average Bonchev–Trinajstić information content (AvgIpc) is 2.48. The van der Waals surface area contributed by atoms with Gasteiger partial charge in [-0.25, -0.2) is 0 Å². The molecule has 19 heavy (non-hydrogen) atoms. The van der Waals surface area contributed by atoms with Crippen molar-refractivity contribution in [2.24, 2.45) is 0 Å². The number of ketones is 1. The molecule has 3 heteroatoms. The Morgan fingerprint density at radius 3 is 2.42 bits per heavy atom. The molecule has 2 aromatic rings. The van der Waals surface area contributed by atoms with Gasteiger partial charge in [-0.1, -0.05) is 19.1 Å². The number of carbonyl (C=O) groups excluding carboxylic acids is 1. The summed E-state index contributed by atoms with van der Waals surface area (Å²) >= 11 is 1.69. The van der Waals surface area contributed by atoms with Gasteiger partial charge in [0.05, 0.1) is 5.56 Å². The summed E-state index contributed by atoms with van der Waals surface area (Å²) in [6.07, 6.45) is 2.51. The monoisotopic (exact) mass is 272 g/mol. The largest absolute Gasteiger partial charge is 0.457 e. The average molecular weight is 272 g/mol. The van der Waals surface area contributed by atoms with Crippen LogP contribution < -0.4 is 4.74 Å². The third-order valence-electron chi connectivity index (χ3n) is 2.80. The van der Waals surface area contributed by atoms with E-state index in [1.54, 1.807) is 17.8 Å². The Kier molecular flexibility index (Phi) is 4.63. The molecule has 0 unspecified atom stereocenters. The van der Waals surface area contributed by atoms with Crippen molar-refractivity contribution in [1.82, 2.24) is 0 Å². The van der Waals surface area contributed by atoms with Gasteiger partial charge in [-0.05, 0) is 42.7 Å². The zero-order valence-electron chi connectivity index (χ0n) is 11.1. The molecule has 0 spiro atoms. The number of rotatable bonds is 5. The molecule has 0 radical (unpaired) electrons. The minimum absolute atomic E-state index is 0.0938. The fourth-order valence-corrected chi connectivity index (χ4v) is 2.16. The molecule has 0 amide bonds. The maximum absolute atomic E-state index is 11.8. The molecule has 0 bridgehead atoms. The van der Waals surface area contributed by atoms with Gasteiger partial charge in [-0.3, -0.25) is 4.79 Å². The SMILES string of the molecule is CCC(=O)c1ccccc1Oc1ccc(SC)cc1. The Hall–Kier alpha value is -1.74. The van der Waals surface area contributed by atoms with Gasteiger partial charge in [0, 0.05) is 11.3 Å². The van der Waals surface area contributed by atoms with E-state index in [1.807, 2.05) is 55.6 Å². The van der Waals surface area contributed by atoms with Crippen LogP contribution in [-0.2, 0) is 0 Å². The van der Waals surface area contributed by atoms with E-state index in [4.69, 9.17) is 4.74 Å². The van der Waals surface area contributed by atoms with E-state index in [1.165, 1.54) is 4.90 Å². The highest BCUT2D eigenvalue weighted by molar-refractivity contribution is 7.98. The van der Waals surface area contributed by atoms with E-state index in [0.717, 1.165) is 5.75 Å². The topological polar surface area (TPSA) is 26.3 Å². The summed E-state index contributed by atoms with van der Waals surface area (Å²) in [6.45, 7) is 1.85. The van der Waals surface area contributed by atoms with Crippen LogP contribution in [0.4, 0.5) is 0 Å². The van der Waals surface area contributed by atoms with Crippen molar-refractivity contribution in [3.05, 3.63) is 54.1 Å². The zero-order chi connectivity index (χ0) is 13.7. The van der Waals surface area contributed by atoms with Crippen LogP contribution in [0.3, 0.4) is 0 Å². The van der Waals surface area contributed by atoms with Gasteiger partial charge in [0.25, 0.3) is 0 Å². The number of benzene rings is 2. The molecule has 0 aliphatic carbocycles. The lowest BCUT2D eigenvalue weighted by Gasteiger charge is -2.10. The van der Waals surface area contributed by atoms with Crippen molar-refractivity contribution in [2.45, 2.75) is 18.2 Å². The second-order valence-electron chi connectivity index (χ2n) is 4.05. The van der Waals surface area contributed by atoms with Crippen molar-refractivity contribution < 1.29 is 9.53 Å². The van der Waals surface area contributed by atoms with E-state index < -0.39 is 0 Å². The number of Topliss-reactive ketones (excluding diaryl/α,β-unsaturated/α-hetero) is 1. The van der Waals surface area contributed by atoms with Crippen LogP contribution in [0.2, 0.25) is 0 Å². The van der Waals surface area contributed by atoms with E-state index in [-0.39, 0.29) is 5.78 Å². The van der Waals surface area contributed by atoms with Crippen LogP contribution in [0.25, 0.3) is 0 Å². The Balaban J connectivity index is 2.25. The zero-order valence-corrected chi connectivity index (χ0v) is 11.9. The highest BCUT2D eigenvalue weighted by atomic mass is 32.2. The first-order valence-corrected chi connectivity index (χ1v) is 7.41. The minimum Gasteiger partial charge on any atom is -0.457 e. The van der Waals surface area contributed by atoms with Gasteiger partial charge < -0.3 is 4.74 Å². The van der Waals surface area contributed by atoms with Crippen LogP contribution in [0.5, 0.6) is 11.5 Å². The number of hydrogen-bond donors (Lipinski definition) is 0. The Morgan fingerprint density at radius 2 is 1.79 bits per heavy atom. The third-order valence-corrected chi connectivity index (χ3v) is 3.54. The van der Waals surface area contributed by atoms with E-state index >= 15 is 0 Å². The predicted molar refractivity (Wildman–Crippen MR) is 79.4 cm³/mol. The van der Waals surface area contributed by atoms with Crippen molar-refractivity contribution in [1.29, 1.82) is 0 Å². The lowest BCUT2D eigenvalue weighted by atomic mass is 10.1. The van der Waals surface area contributed by atoms with Gasteiger partial charge in [-0.15, -0.1) is 11.8 Å². The first-order chi connectivity index (χ1) is 9.24. The normalized spacial score (nSPS) is 10.2. The number of para-hydroxylation sites is 1. The lowest BCUT2D eigenvalue weighted by molar-refractivity contribution is 0.0986. The second-order valence-corrected chi connectivity index (χ2v) is 4.93. The van der Waals surface area contributed by atoms with E-state index in [9.17, 15) is 4.79 Å². The second kappa shape index (κ2) is 6.43. The highest BCUT2D eigenvalue weighted by Crippen LogP contribution is 2.27. The molecule has 0 fully saturated rings. The fourth-order valence-electron chi connectivity index (χ4n) is 1.75. The van der Waals surface area contributed by atoms with Crippen LogP contribution in [-0.4, -0.2) is 12.0 Å². The Labute approximate surface area is 117 Å². The van der Waals surface area contributed by atoms with Gasteiger partial charge in [0.15, 0.2) is 5.78 Å². The quantitative estimate of drug-likeness (QED) is 0.578. The Morgan fingerprint density at radius 1 is 1.11 bits per heavy atom. The Bertz CT molecular complexity index is 561. The first kappa shape index (κ1) is 13.7. The summed E-state index contributed by atoms with van der Waals surface area (Å²) in [5, 5.41) is 0. The number of ether oxygens (including phenoxy) is 1. The van der Waals surface area contributed by atoms with Crippen molar-refractivity contribution >= 4 is 17.5 Å². The van der Waals surface area contributed by atoms with Crippen LogP contribution in [0.15, 0.2) is 53.4 Å². The van der Waals surface area contributed by atoms with Crippen molar-refractivity contribution in [2.75, 3.05) is 6.26 Å². The van der Waals surface area contributed by atoms with E-state index in [0.29, 0.717) is 17.7 Å². The highest BCUT2D eigenvalue weighted by Gasteiger charge is 2.10. The first-order valence-electron chi connectivity index (χ1n) is 6.18. The summed E-state index contributed by atoms with van der Waals surface area (Å²) < 4.78 is 5.80. The summed E-state index contributed by atoms with van der Waals surface area (Å²) in [6, 6.07) is 15.2. The molecule has 2 aromatic carbocycles. The molecule has 0 aliphatic heterocycles. The number of thioether (sulfide) groups is 1. The van der Waals surface area contributed by atoms with Crippen LogP contribution >= 0.6 is 11.8 Å². The summed E-state index contributed by atoms with van der Waals surface area (Å²) in [7, 11) is 0. The van der Waals surface area contributed by atoms with Gasteiger partial charge >= 0.3 is 0 Å². The summed E-state index contributed by atoms with van der Waals surface area (Å²) in [5.74, 6) is 1.46. The standard InChI is InChI=1S/C16H16O2S/c1-3-15(17)14-6-4-5-7-16(14)18-12-8-10-13(19-2)11-9-12/h4-11H,3H2,1-2H3. The van der Waals surface area contributed by atoms with Crippen LogP contribution in [0, 0.1) is 0 Å². The minimum atomic E-state index is 0.0938. The maximum Gasteiger partial charge on any atom is 0.166 e. The third kappa shape index (κ3) is 3.38.